The van der Waals surface area contributed by atoms with Crippen LogP contribution in [-0.4, -0.2) is 35.0 Å². The maximum absolute atomic E-state index is 11.0. The van der Waals surface area contributed by atoms with E-state index in [1.165, 1.54) is 0 Å². The number of amides is 2. The van der Waals surface area contributed by atoms with Crippen molar-refractivity contribution >= 4 is 6.03 Å². The molecule has 1 aromatic heterocycles. The van der Waals surface area contributed by atoms with Gasteiger partial charge < -0.3 is 20.4 Å². The average molecular weight is 252 g/mol. The average Bonchev–Trinajstić information content (AvgIpc) is 2.76. The van der Waals surface area contributed by atoms with Crippen LogP contribution in [0, 0.1) is 6.92 Å². The summed E-state index contributed by atoms with van der Waals surface area (Å²) >= 11 is 0. The standard InChI is InChI=1S/C12H20N4O2/c1-8-7-14-11(18-8)9(2)15-10-3-5-16(6-4-10)12(13)17/h7,9-10,15H,3-6H2,1-2H3,(H2,13,17). The van der Waals surface area contributed by atoms with Crippen LogP contribution in [0.3, 0.4) is 0 Å². The first-order valence-electron chi connectivity index (χ1n) is 6.29. The zero-order valence-corrected chi connectivity index (χ0v) is 10.8. The smallest absolute Gasteiger partial charge is 0.314 e. The SMILES string of the molecule is Cc1cnc(C(C)NC2CCN(C(N)=O)CC2)o1. The molecule has 3 N–H and O–H groups in total. The molecule has 0 aliphatic carbocycles. The molecule has 0 aromatic carbocycles. The van der Waals surface area contributed by atoms with Crippen molar-refractivity contribution < 1.29 is 9.21 Å². The van der Waals surface area contributed by atoms with Crippen molar-refractivity contribution in [3.05, 3.63) is 17.8 Å². The van der Waals surface area contributed by atoms with Crippen molar-refractivity contribution in [1.29, 1.82) is 0 Å². The van der Waals surface area contributed by atoms with Crippen LogP contribution in [0.2, 0.25) is 0 Å². The summed E-state index contributed by atoms with van der Waals surface area (Å²) in [5.41, 5.74) is 5.25. The largest absolute Gasteiger partial charge is 0.444 e. The molecule has 0 spiro atoms. The molecule has 1 aliphatic rings. The van der Waals surface area contributed by atoms with E-state index < -0.39 is 0 Å². The maximum Gasteiger partial charge on any atom is 0.314 e. The topological polar surface area (TPSA) is 84.4 Å². The summed E-state index contributed by atoms with van der Waals surface area (Å²) in [6.45, 7) is 5.34. The molecule has 1 unspecified atom stereocenters. The Labute approximate surface area is 107 Å². The highest BCUT2D eigenvalue weighted by atomic mass is 16.4. The summed E-state index contributed by atoms with van der Waals surface area (Å²) in [6.07, 6.45) is 3.54. The Kier molecular flexibility index (Phi) is 3.86. The first kappa shape index (κ1) is 12.9. The molecule has 0 bridgehead atoms. The zero-order valence-electron chi connectivity index (χ0n) is 10.8. The van der Waals surface area contributed by atoms with Gasteiger partial charge in [-0.25, -0.2) is 9.78 Å². The molecule has 6 nitrogen and oxygen atoms in total. The molecule has 18 heavy (non-hydrogen) atoms. The Morgan fingerprint density at radius 2 is 2.28 bits per heavy atom. The van der Waals surface area contributed by atoms with Crippen molar-refractivity contribution in [2.24, 2.45) is 5.73 Å². The van der Waals surface area contributed by atoms with Gasteiger partial charge in [0.2, 0.25) is 5.89 Å². The van der Waals surface area contributed by atoms with Gasteiger partial charge >= 0.3 is 6.03 Å². The fourth-order valence-corrected chi connectivity index (χ4v) is 2.26. The molecular weight excluding hydrogens is 232 g/mol. The summed E-state index contributed by atoms with van der Waals surface area (Å²) < 4.78 is 5.49. The van der Waals surface area contributed by atoms with Gasteiger partial charge in [-0.05, 0) is 26.7 Å². The number of aromatic nitrogens is 1. The molecule has 0 radical (unpaired) electrons. The third-order valence-electron chi connectivity index (χ3n) is 3.30. The third-order valence-corrected chi connectivity index (χ3v) is 3.30. The quantitative estimate of drug-likeness (QED) is 0.846. The zero-order chi connectivity index (χ0) is 13.1. The highest BCUT2D eigenvalue weighted by Gasteiger charge is 2.23. The van der Waals surface area contributed by atoms with Crippen LogP contribution < -0.4 is 11.1 Å². The van der Waals surface area contributed by atoms with E-state index in [2.05, 4.69) is 10.3 Å². The van der Waals surface area contributed by atoms with Gasteiger partial charge in [0.05, 0.1) is 12.2 Å². The Morgan fingerprint density at radius 3 is 2.78 bits per heavy atom. The highest BCUT2D eigenvalue weighted by molar-refractivity contribution is 5.72. The molecule has 2 amide bonds. The van der Waals surface area contributed by atoms with Crippen LogP contribution in [0.5, 0.6) is 0 Å². The first-order valence-corrected chi connectivity index (χ1v) is 6.29. The summed E-state index contributed by atoms with van der Waals surface area (Å²) in [6, 6.07) is 0.136. The molecule has 2 heterocycles. The first-order chi connectivity index (χ1) is 8.56. The van der Waals surface area contributed by atoms with Crippen LogP contribution >= 0.6 is 0 Å². The molecule has 2 rings (SSSR count). The van der Waals surface area contributed by atoms with E-state index >= 15 is 0 Å². The molecule has 100 valence electrons. The van der Waals surface area contributed by atoms with E-state index in [0.29, 0.717) is 25.0 Å². The monoisotopic (exact) mass is 252 g/mol. The predicted octanol–water partition coefficient (Wildman–Crippen LogP) is 1.18. The molecule has 1 fully saturated rings. The van der Waals surface area contributed by atoms with Gasteiger partial charge in [-0.1, -0.05) is 0 Å². The fraction of sp³-hybridized carbons (Fsp3) is 0.667. The van der Waals surface area contributed by atoms with Crippen molar-refractivity contribution in [1.82, 2.24) is 15.2 Å². The fourth-order valence-electron chi connectivity index (χ4n) is 2.26. The predicted molar refractivity (Wildman–Crippen MR) is 67.0 cm³/mol. The molecule has 1 atom stereocenters. The number of nitrogens with one attached hydrogen (secondary N) is 1. The normalized spacial score (nSPS) is 18.9. The second kappa shape index (κ2) is 5.39. The van der Waals surface area contributed by atoms with Gasteiger partial charge in [0.15, 0.2) is 0 Å². The number of hydrogen-bond acceptors (Lipinski definition) is 4. The van der Waals surface area contributed by atoms with E-state index in [1.54, 1.807) is 11.1 Å². The van der Waals surface area contributed by atoms with E-state index in [4.69, 9.17) is 10.2 Å². The minimum absolute atomic E-state index is 0.0869. The summed E-state index contributed by atoms with van der Waals surface area (Å²) in [7, 11) is 0. The Balaban J connectivity index is 1.83. The van der Waals surface area contributed by atoms with E-state index in [9.17, 15) is 4.79 Å². The lowest BCUT2D eigenvalue weighted by Crippen LogP contribution is -2.47. The molecule has 1 aromatic rings. The number of rotatable bonds is 3. The second-order valence-electron chi connectivity index (χ2n) is 4.80. The minimum atomic E-state index is -0.329. The van der Waals surface area contributed by atoms with Crippen LogP contribution in [0.25, 0.3) is 0 Å². The van der Waals surface area contributed by atoms with Crippen molar-refractivity contribution in [2.45, 2.75) is 38.8 Å². The number of likely N-dealkylation sites (tertiary alicyclic amines) is 1. The van der Waals surface area contributed by atoms with Crippen LogP contribution in [0.15, 0.2) is 10.6 Å². The van der Waals surface area contributed by atoms with Gasteiger partial charge in [-0.15, -0.1) is 0 Å². The summed E-state index contributed by atoms with van der Waals surface area (Å²) in [5, 5.41) is 3.47. The lowest BCUT2D eigenvalue weighted by molar-refractivity contribution is 0.181. The molecule has 1 aliphatic heterocycles. The van der Waals surface area contributed by atoms with E-state index in [-0.39, 0.29) is 12.1 Å². The molecule has 1 saturated heterocycles. The Bertz CT molecular complexity index is 410. The lowest BCUT2D eigenvalue weighted by atomic mass is 10.0. The summed E-state index contributed by atoms with van der Waals surface area (Å²) in [5.74, 6) is 1.53. The van der Waals surface area contributed by atoms with Crippen LogP contribution in [0.4, 0.5) is 4.79 Å². The van der Waals surface area contributed by atoms with Crippen LogP contribution in [0.1, 0.15) is 37.5 Å². The number of hydrogen-bond donors (Lipinski definition) is 2. The lowest BCUT2D eigenvalue weighted by Gasteiger charge is -2.32. The molecule has 0 saturated carbocycles. The number of aryl methyl sites for hydroxylation is 1. The van der Waals surface area contributed by atoms with Gasteiger partial charge in [0.25, 0.3) is 0 Å². The Morgan fingerprint density at radius 1 is 1.61 bits per heavy atom. The number of urea groups is 1. The number of carbonyl (C=O) groups excluding carboxylic acids is 1. The van der Waals surface area contributed by atoms with E-state index in [0.717, 1.165) is 18.6 Å². The van der Waals surface area contributed by atoms with Crippen LogP contribution in [-0.2, 0) is 0 Å². The number of piperidine rings is 1. The number of primary amides is 1. The maximum atomic E-state index is 11.0. The van der Waals surface area contributed by atoms with Crippen molar-refractivity contribution in [2.75, 3.05) is 13.1 Å². The van der Waals surface area contributed by atoms with Gasteiger partial charge in [0.1, 0.15) is 5.76 Å². The Hall–Kier alpha value is -1.56. The third kappa shape index (κ3) is 3.01. The number of oxazole rings is 1. The van der Waals surface area contributed by atoms with Crippen molar-refractivity contribution in [3.8, 4) is 0 Å². The van der Waals surface area contributed by atoms with E-state index in [1.807, 2.05) is 13.8 Å². The van der Waals surface area contributed by atoms with Crippen molar-refractivity contribution in [3.63, 3.8) is 0 Å². The highest BCUT2D eigenvalue weighted by Crippen LogP contribution is 2.17. The summed E-state index contributed by atoms with van der Waals surface area (Å²) in [4.78, 5) is 16.9. The van der Waals surface area contributed by atoms with Gasteiger partial charge in [0, 0.05) is 19.1 Å². The van der Waals surface area contributed by atoms with Gasteiger partial charge in [-0.3, -0.25) is 0 Å². The number of carbonyl (C=O) groups is 1. The number of nitrogens with zero attached hydrogens (tertiary/aromatic N) is 2. The van der Waals surface area contributed by atoms with Gasteiger partial charge in [-0.2, -0.15) is 0 Å². The molecule has 6 heteroatoms. The minimum Gasteiger partial charge on any atom is -0.444 e. The second-order valence-corrected chi connectivity index (χ2v) is 4.80. The molecular formula is C12H20N4O2. The number of nitrogens with two attached hydrogens (primary N) is 1.